The van der Waals surface area contributed by atoms with Gasteiger partial charge >= 0.3 is 11.3 Å². The molecule has 1 aliphatic heterocycles. The van der Waals surface area contributed by atoms with Crippen LogP contribution in [-0.4, -0.2) is 10.0 Å². The lowest BCUT2D eigenvalue weighted by atomic mass is 10.2. The van der Waals surface area contributed by atoms with E-state index in [0.717, 1.165) is 0 Å². The van der Waals surface area contributed by atoms with E-state index in [4.69, 9.17) is 27.5 Å². The number of oxime groups is 1. The lowest BCUT2D eigenvalue weighted by Crippen LogP contribution is -2.28. The molecular formula is C13H7Cl2FN2O2S. The van der Waals surface area contributed by atoms with Crippen LogP contribution < -0.4 is 4.31 Å². The number of rotatable bonds is 2. The van der Waals surface area contributed by atoms with Crippen molar-refractivity contribution in [1.29, 1.82) is 0 Å². The molecule has 1 atom stereocenters. The molecular weight excluding hydrogens is 338 g/mol. The monoisotopic (exact) mass is 344 g/mol. The average Bonchev–Trinajstić information content (AvgIpc) is 2.82. The molecule has 0 bridgehead atoms. The van der Waals surface area contributed by atoms with Crippen molar-refractivity contribution in [3.05, 3.63) is 63.9 Å². The van der Waals surface area contributed by atoms with Gasteiger partial charge < -0.3 is 0 Å². The van der Waals surface area contributed by atoms with E-state index in [1.807, 2.05) is 0 Å². The largest absolute Gasteiger partial charge is 0.346 e. The van der Waals surface area contributed by atoms with E-state index < -0.39 is 11.3 Å². The van der Waals surface area contributed by atoms with Gasteiger partial charge in [-0.3, -0.25) is 4.28 Å². The SMILES string of the molecule is O=S1ON=C(c2ccc(F)cc2)N1c1ccc(Cl)cc1Cl. The van der Waals surface area contributed by atoms with E-state index in [9.17, 15) is 8.60 Å². The Labute approximate surface area is 132 Å². The van der Waals surface area contributed by atoms with Crippen molar-refractivity contribution in [3.63, 3.8) is 0 Å². The van der Waals surface area contributed by atoms with E-state index in [2.05, 4.69) is 5.16 Å². The summed E-state index contributed by atoms with van der Waals surface area (Å²) in [7, 11) is 0. The van der Waals surface area contributed by atoms with Gasteiger partial charge in [-0.2, -0.15) is 4.21 Å². The quantitative estimate of drug-likeness (QED) is 0.828. The Morgan fingerprint density at radius 3 is 2.52 bits per heavy atom. The van der Waals surface area contributed by atoms with Crippen LogP contribution in [0.3, 0.4) is 0 Å². The summed E-state index contributed by atoms with van der Waals surface area (Å²) in [6, 6.07) is 10.3. The van der Waals surface area contributed by atoms with E-state index in [1.165, 1.54) is 34.6 Å². The Morgan fingerprint density at radius 1 is 1.14 bits per heavy atom. The van der Waals surface area contributed by atoms with Crippen molar-refractivity contribution in [2.75, 3.05) is 4.31 Å². The number of anilines is 1. The van der Waals surface area contributed by atoms with Crippen molar-refractivity contribution < 1.29 is 12.9 Å². The molecule has 0 fully saturated rings. The highest BCUT2D eigenvalue weighted by Crippen LogP contribution is 2.33. The Bertz CT molecular complexity index is 752. The number of halogens is 3. The van der Waals surface area contributed by atoms with Crippen molar-refractivity contribution in [1.82, 2.24) is 0 Å². The summed E-state index contributed by atoms with van der Waals surface area (Å²) < 4.78 is 31.1. The van der Waals surface area contributed by atoms with Crippen molar-refractivity contribution >= 4 is 46.0 Å². The third-order valence-electron chi connectivity index (χ3n) is 2.76. The van der Waals surface area contributed by atoms with Crippen molar-refractivity contribution in [2.24, 2.45) is 5.16 Å². The van der Waals surface area contributed by atoms with Crippen molar-refractivity contribution in [3.8, 4) is 0 Å². The number of hydrogen-bond donors (Lipinski definition) is 0. The molecule has 0 saturated heterocycles. The molecule has 0 radical (unpaired) electrons. The molecule has 1 heterocycles. The number of benzene rings is 2. The lowest BCUT2D eigenvalue weighted by molar-refractivity contribution is 0.386. The second kappa shape index (κ2) is 5.63. The third kappa shape index (κ3) is 2.74. The first-order valence-corrected chi connectivity index (χ1v) is 7.53. The van der Waals surface area contributed by atoms with Crippen LogP contribution in [0.1, 0.15) is 5.56 Å². The fourth-order valence-electron chi connectivity index (χ4n) is 1.82. The highest BCUT2D eigenvalue weighted by Gasteiger charge is 2.31. The van der Waals surface area contributed by atoms with Crippen LogP contribution in [0, 0.1) is 5.82 Å². The summed E-state index contributed by atoms with van der Waals surface area (Å²) >= 11 is 10.1. The van der Waals surface area contributed by atoms with Gasteiger partial charge in [0, 0.05) is 10.6 Å². The zero-order chi connectivity index (χ0) is 15.0. The molecule has 21 heavy (non-hydrogen) atoms. The smallest absolute Gasteiger partial charge is 0.268 e. The Hall–Kier alpha value is -1.63. The highest BCUT2D eigenvalue weighted by atomic mass is 35.5. The van der Waals surface area contributed by atoms with Gasteiger partial charge in [-0.1, -0.05) is 23.2 Å². The lowest BCUT2D eigenvalue weighted by Gasteiger charge is -2.17. The Kier molecular flexibility index (Phi) is 3.84. The zero-order valence-electron chi connectivity index (χ0n) is 10.3. The molecule has 3 rings (SSSR count). The molecule has 0 spiro atoms. The predicted molar refractivity (Wildman–Crippen MR) is 81.1 cm³/mol. The van der Waals surface area contributed by atoms with Crippen LogP contribution in [0.25, 0.3) is 0 Å². The van der Waals surface area contributed by atoms with Gasteiger partial charge in [0.15, 0.2) is 5.84 Å². The average molecular weight is 345 g/mol. The minimum atomic E-state index is -1.86. The molecule has 0 N–H and O–H groups in total. The maximum Gasteiger partial charge on any atom is 0.346 e. The molecule has 0 amide bonds. The molecule has 4 nitrogen and oxygen atoms in total. The van der Waals surface area contributed by atoms with Gasteiger partial charge in [-0.25, -0.2) is 8.70 Å². The van der Waals surface area contributed by atoms with E-state index in [0.29, 0.717) is 21.3 Å². The molecule has 0 aliphatic carbocycles. The van der Waals surface area contributed by atoms with Gasteiger partial charge in [0.25, 0.3) is 0 Å². The zero-order valence-corrected chi connectivity index (χ0v) is 12.6. The van der Waals surface area contributed by atoms with Crippen LogP contribution in [0.15, 0.2) is 47.6 Å². The molecule has 108 valence electrons. The first kappa shape index (κ1) is 14.3. The van der Waals surface area contributed by atoms with Crippen LogP contribution in [0.4, 0.5) is 10.1 Å². The van der Waals surface area contributed by atoms with Gasteiger partial charge in [0.05, 0.1) is 10.7 Å². The van der Waals surface area contributed by atoms with E-state index >= 15 is 0 Å². The standard InChI is InChI=1S/C13H7Cl2FN2O2S/c14-9-3-6-12(11(15)7-9)18-13(17-20-21(18)19)8-1-4-10(16)5-2-8/h1-7H. The molecule has 2 aromatic rings. The van der Waals surface area contributed by atoms with Crippen LogP contribution in [0.2, 0.25) is 10.0 Å². The summed E-state index contributed by atoms with van der Waals surface area (Å²) in [5.41, 5.74) is 0.980. The van der Waals surface area contributed by atoms with Crippen LogP contribution in [-0.2, 0) is 15.6 Å². The summed E-state index contributed by atoms with van der Waals surface area (Å²) in [6.45, 7) is 0. The third-order valence-corrected chi connectivity index (χ3v) is 4.17. The fraction of sp³-hybridized carbons (Fsp3) is 0. The minimum Gasteiger partial charge on any atom is -0.268 e. The summed E-state index contributed by atoms with van der Waals surface area (Å²) in [6.07, 6.45) is 0. The first-order valence-electron chi connectivity index (χ1n) is 5.75. The summed E-state index contributed by atoms with van der Waals surface area (Å²) in [5.74, 6) is -0.104. The fourth-order valence-corrected chi connectivity index (χ4v) is 3.16. The normalized spacial score (nSPS) is 17.6. The summed E-state index contributed by atoms with van der Waals surface area (Å²) in [5, 5.41) is 4.52. The molecule has 1 unspecified atom stereocenters. The van der Waals surface area contributed by atoms with Gasteiger partial charge in [-0.15, -0.1) is 0 Å². The number of amidine groups is 1. The van der Waals surface area contributed by atoms with E-state index in [1.54, 1.807) is 12.1 Å². The van der Waals surface area contributed by atoms with Crippen LogP contribution in [0.5, 0.6) is 0 Å². The minimum absolute atomic E-state index is 0.276. The second-order valence-electron chi connectivity index (χ2n) is 4.10. The highest BCUT2D eigenvalue weighted by molar-refractivity contribution is 7.83. The number of nitrogens with zero attached hydrogens (tertiary/aromatic N) is 2. The molecule has 0 aromatic heterocycles. The topological polar surface area (TPSA) is 41.9 Å². The van der Waals surface area contributed by atoms with Gasteiger partial charge in [0.1, 0.15) is 5.82 Å². The van der Waals surface area contributed by atoms with Gasteiger partial charge in [-0.05, 0) is 47.6 Å². The number of hydrogen-bond acceptors (Lipinski definition) is 3. The second-order valence-corrected chi connectivity index (χ2v) is 5.90. The Balaban J connectivity index is 2.05. The Morgan fingerprint density at radius 2 is 1.86 bits per heavy atom. The predicted octanol–water partition coefficient (Wildman–Crippen LogP) is 3.91. The molecule has 8 heteroatoms. The van der Waals surface area contributed by atoms with Gasteiger partial charge in [0.2, 0.25) is 0 Å². The van der Waals surface area contributed by atoms with Crippen molar-refractivity contribution in [2.45, 2.75) is 0 Å². The van der Waals surface area contributed by atoms with E-state index in [-0.39, 0.29) is 11.7 Å². The molecule has 2 aromatic carbocycles. The molecule has 0 saturated carbocycles. The molecule has 1 aliphatic rings. The van der Waals surface area contributed by atoms with Crippen LogP contribution >= 0.6 is 23.2 Å². The maximum atomic E-state index is 13.0. The first-order chi connectivity index (χ1) is 10.1. The summed E-state index contributed by atoms with van der Waals surface area (Å²) in [4.78, 5) is 0. The maximum absolute atomic E-state index is 13.0.